The summed E-state index contributed by atoms with van der Waals surface area (Å²) in [5.41, 5.74) is 1.47. The molecular weight excluding hydrogens is 857 g/mol. The first-order chi connectivity index (χ1) is 31.9. The molecule has 0 radical (unpaired) electrons. The SMILES string of the molecule is CN(C[C@H]1CN(CC#Cc2ccc3c(c2)n(C)c(=O)n3C2CCC(=O)NC2=O)CCO1)C(=O)C1CCC(n2cc(NC(=O)c3coc(-c4ccnc(NCC5CC5)c4)n3)c(C(F)F)n2)CC1. The molecule has 18 nitrogen and oxygen atoms in total. The monoisotopic (exact) mass is 907 g/mol. The second kappa shape index (κ2) is 19.0. The van der Waals surface area contributed by atoms with Gasteiger partial charge >= 0.3 is 5.69 Å². The summed E-state index contributed by atoms with van der Waals surface area (Å²) in [7, 11) is 3.41. The largest absolute Gasteiger partial charge is 0.444 e. The van der Waals surface area contributed by atoms with Gasteiger partial charge in [0, 0.05) is 76.1 Å². The molecule has 3 N–H and O–H groups in total. The van der Waals surface area contributed by atoms with Crippen molar-refractivity contribution in [3.63, 3.8) is 0 Å². The molecular formula is C46H51F2N11O7. The Morgan fingerprint density at radius 1 is 1.05 bits per heavy atom. The fourth-order valence-corrected chi connectivity index (χ4v) is 9.03. The lowest BCUT2D eigenvalue weighted by Gasteiger charge is -2.35. The van der Waals surface area contributed by atoms with E-state index >= 15 is 0 Å². The molecule has 2 aliphatic carbocycles. The van der Waals surface area contributed by atoms with Crippen LogP contribution in [0.25, 0.3) is 22.5 Å². The number of anilines is 2. The number of oxazole rings is 1. The van der Waals surface area contributed by atoms with E-state index < -0.39 is 30.0 Å². The molecule has 4 aromatic heterocycles. The van der Waals surface area contributed by atoms with Gasteiger partial charge in [0.1, 0.15) is 18.1 Å². The van der Waals surface area contributed by atoms with E-state index in [2.05, 4.69) is 47.8 Å². The molecule has 0 spiro atoms. The van der Waals surface area contributed by atoms with Crippen molar-refractivity contribution in [2.75, 3.05) is 57.0 Å². The van der Waals surface area contributed by atoms with Crippen LogP contribution in [-0.4, -0.2) is 115 Å². The van der Waals surface area contributed by atoms with Gasteiger partial charge in [-0.05, 0) is 81.2 Å². The number of carbonyl (C=O) groups is 4. The van der Waals surface area contributed by atoms with Crippen LogP contribution in [0.1, 0.15) is 91.6 Å². The molecule has 346 valence electrons. The van der Waals surface area contributed by atoms with Crippen LogP contribution >= 0.6 is 0 Å². The predicted octanol–water partition coefficient (Wildman–Crippen LogP) is 4.52. The van der Waals surface area contributed by atoms with Crippen LogP contribution in [0.2, 0.25) is 0 Å². The standard InChI is InChI=1S/C46H51F2N11O7/c1-55(23-32-24-57(18-19-65-32)17-3-4-27-7-12-35-37(20-27)56(2)46(64)59(35)36-13-14-39(60)53-43(36)62)45(63)29-8-10-31(11-9-29)58-25-33(40(54-58)41(47)48)51-42(61)34-26-66-44(52-34)30-15-16-49-38(21-30)50-22-28-5-6-28/h7,12,15-16,20-21,25-26,28-29,31-32,36,41H,5-6,8-11,13-14,17-19,22-24H2,1-2H3,(H,49,50)(H,51,61)(H,53,60,62)/t29?,31?,32-,36?/m0/s1. The second-order valence-corrected chi connectivity index (χ2v) is 17.6. The number of aromatic nitrogens is 6. The van der Waals surface area contributed by atoms with Gasteiger partial charge < -0.3 is 24.7 Å². The molecule has 2 aliphatic heterocycles. The van der Waals surface area contributed by atoms with E-state index in [1.54, 1.807) is 43.4 Å². The first-order valence-corrected chi connectivity index (χ1v) is 22.3. The van der Waals surface area contributed by atoms with Crippen LogP contribution in [0.15, 0.2) is 58.2 Å². The van der Waals surface area contributed by atoms with Crippen molar-refractivity contribution < 1.29 is 37.1 Å². The summed E-state index contributed by atoms with van der Waals surface area (Å²) in [4.78, 5) is 76.7. The van der Waals surface area contributed by atoms with E-state index in [1.165, 1.54) is 39.1 Å². The highest BCUT2D eigenvalue weighted by molar-refractivity contribution is 6.03. The third-order valence-corrected chi connectivity index (χ3v) is 12.9. The maximum Gasteiger partial charge on any atom is 0.329 e. The molecule has 2 saturated heterocycles. The van der Waals surface area contributed by atoms with Crippen LogP contribution in [-0.2, 0) is 26.2 Å². The Kier molecular flexibility index (Phi) is 12.8. The number of rotatable bonds is 13. The summed E-state index contributed by atoms with van der Waals surface area (Å²) in [5.74, 6) is 6.13. The number of pyridine rings is 1. The Balaban J connectivity index is 0.752. The number of benzene rings is 1. The van der Waals surface area contributed by atoms with Crippen LogP contribution in [0.4, 0.5) is 20.3 Å². The van der Waals surface area contributed by atoms with E-state index in [1.807, 2.05) is 12.1 Å². The highest BCUT2D eigenvalue weighted by Crippen LogP contribution is 2.36. The van der Waals surface area contributed by atoms with Gasteiger partial charge in [0.05, 0.1) is 42.0 Å². The number of imide groups is 1. The normalized spacial score (nSPS) is 21.3. The number of imidazole rings is 1. The van der Waals surface area contributed by atoms with Gasteiger partial charge in [0.2, 0.25) is 23.6 Å². The third kappa shape index (κ3) is 9.77. The first-order valence-electron chi connectivity index (χ1n) is 22.3. The zero-order chi connectivity index (χ0) is 46.1. The molecule has 0 bridgehead atoms. The maximum absolute atomic E-state index is 14.2. The molecule has 66 heavy (non-hydrogen) atoms. The zero-order valence-electron chi connectivity index (χ0n) is 36.7. The number of piperidine rings is 1. The van der Waals surface area contributed by atoms with E-state index in [4.69, 9.17) is 9.15 Å². The number of hydrogen-bond acceptors (Lipinski definition) is 12. The summed E-state index contributed by atoms with van der Waals surface area (Å²) in [6, 6.07) is 7.89. The zero-order valence-corrected chi connectivity index (χ0v) is 36.7. The summed E-state index contributed by atoms with van der Waals surface area (Å²) in [5, 5.41) is 12.3. The fraction of sp³-hybridized carbons (Fsp3) is 0.478. The van der Waals surface area contributed by atoms with Gasteiger partial charge in [-0.15, -0.1) is 0 Å². The molecule has 6 heterocycles. The highest BCUT2D eigenvalue weighted by Gasteiger charge is 2.34. The molecule has 1 unspecified atom stereocenters. The Morgan fingerprint density at radius 2 is 1.86 bits per heavy atom. The number of carbonyl (C=O) groups excluding carboxylic acids is 4. The Hall–Kier alpha value is -6.72. The van der Waals surface area contributed by atoms with Gasteiger partial charge in [-0.2, -0.15) is 5.10 Å². The molecule has 20 heteroatoms. The average molecular weight is 908 g/mol. The summed E-state index contributed by atoms with van der Waals surface area (Å²) in [6.07, 6.45) is 6.04. The quantitative estimate of drug-likeness (QED) is 0.110. The Bertz CT molecular complexity index is 2770. The number of aryl methyl sites for hydroxylation is 1. The number of morpholine rings is 1. The number of likely N-dealkylation sites (N-methyl/N-ethyl adjacent to an activating group) is 1. The number of amides is 4. The van der Waals surface area contributed by atoms with Crippen LogP contribution in [0.5, 0.6) is 0 Å². The second-order valence-electron chi connectivity index (χ2n) is 17.6. The van der Waals surface area contributed by atoms with Gasteiger partial charge in [-0.3, -0.25) is 43.2 Å². The smallest absolute Gasteiger partial charge is 0.329 e. The molecule has 1 aromatic carbocycles. The van der Waals surface area contributed by atoms with Crippen molar-refractivity contribution in [2.24, 2.45) is 18.9 Å². The minimum atomic E-state index is -2.94. The van der Waals surface area contributed by atoms with Gasteiger partial charge in [-0.25, -0.2) is 23.5 Å². The summed E-state index contributed by atoms with van der Waals surface area (Å²) < 4.78 is 44.4. The lowest BCUT2D eigenvalue weighted by atomic mass is 9.85. The topological polar surface area (TPSA) is 204 Å². The number of ether oxygens (including phenoxy) is 1. The van der Waals surface area contributed by atoms with Crippen LogP contribution < -0.4 is 21.6 Å². The van der Waals surface area contributed by atoms with Crippen molar-refractivity contribution in [3.05, 3.63) is 76.4 Å². The van der Waals surface area contributed by atoms with Crippen molar-refractivity contribution in [1.82, 2.24) is 44.0 Å². The van der Waals surface area contributed by atoms with Gasteiger partial charge in [0.15, 0.2) is 11.4 Å². The Morgan fingerprint density at radius 3 is 2.64 bits per heavy atom. The molecule has 9 rings (SSSR count). The fourth-order valence-electron chi connectivity index (χ4n) is 9.03. The van der Waals surface area contributed by atoms with Crippen molar-refractivity contribution in [1.29, 1.82) is 0 Å². The molecule has 4 fully saturated rings. The van der Waals surface area contributed by atoms with E-state index in [0.717, 1.165) is 6.54 Å². The number of nitrogens with one attached hydrogen (secondary N) is 3. The van der Waals surface area contributed by atoms with Crippen LogP contribution in [0, 0.1) is 23.7 Å². The number of halogens is 2. The van der Waals surface area contributed by atoms with E-state index in [-0.39, 0.29) is 65.7 Å². The summed E-state index contributed by atoms with van der Waals surface area (Å²) >= 11 is 0. The molecule has 2 atom stereocenters. The number of alkyl halides is 2. The molecule has 2 saturated carbocycles. The molecule has 5 aromatic rings. The highest BCUT2D eigenvalue weighted by atomic mass is 19.3. The van der Waals surface area contributed by atoms with Crippen molar-refractivity contribution in [3.8, 4) is 23.3 Å². The lowest BCUT2D eigenvalue weighted by Crippen LogP contribution is -2.49. The van der Waals surface area contributed by atoms with E-state index in [0.29, 0.717) is 92.4 Å². The first kappa shape index (κ1) is 44.5. The predicted molar refractivity (Wildman–Crippen MR) is 236 cm³/mol. The van der Waals surface area contributed by atoms with Crippen molar-refractivity contribution in [2.45, 2.75) is 76.0 Å². The third-order valence-electron chi connectivity index (χ3n) is 12.9. The number of fused-ring (bicyclic) bond motifs is 1. The van der Waals surface area contributed by atoms with Gasteiger partial charge in [-0.1, -0.05) is 11.8 Å². The Labute approximate surface area is 378 Å². The van der Waals surface area contributed by atoms with Crippen LogP contribution in [0.3, 0.4) is 0 Å². The van der Waals surface area contributed by atoms with E-state index in [9.17, 15) is 32.8 Å². The lowest BCUT2D eigenvalue weighted by molar-refractivity contribution is -0.138. The number of nitrogens with zero attached hydrogens (tertiary/aromatic N) is 8. The molecule has 4 amide bonds. The maximum atomic E-state index is 14.2. The van der Waals surface area contributed by atoms with Crippen molar-refractivity contribution >= 4 is 46.2 Å². The minimum absolute atomic E-state index is 0.00336. The summed E-state index contributed by atoms with van der Waals surface area (Å²) in [6.45, 7) is 3.42. The molecule has 4 aliphatic rings. The van der Waals surface area contributed by atoms with Gasteiger partial charge in [0.25, 0.3) is 12.3 Å². The minimum Gasteiger partial charge on any atom is -0.444 e. The number of hydrogen-bond donors (Lipinski definition) is 3. The average Bonchev–Trinajstić information content (AvgIpc) is 3.73.